The summed E-state index contributed by atoms with van der Waals surface area (Å²) in [6.07, 6.45) is 2.86. The van der Waals surface area contributed by atoms with Crippen molar-refractivity contribution < 1.29 is 4.92 Å². The summed E-state index contributed by atoms with van der Waals surface area (Å²) in [6, 6.07) is 9.08. The van der Waals surface area contributed by atoms with Crippen molar-refractivity contribution in [3.8, 4) is 0 Å². The van der Waals surface area contributed by atoms with E-state index in [9.17, 15) is 10.1 Å². The number of aromatic nitrogens is 3. The van der Waals surface area contributed by atoms with Gasteiger partial charge in [0.25, 0.3) is 0 Å². The second-order valence-electron chi connectivity index (χ2n) is 4.32. The van der Waals surface area contributed by atoms with Crippen LogP contribution in [-0.4, -0.2) is 19.9 Å². The first-order valence-corrected chi connectivity index (χ1v) is 6.27. The molecule has 0 aliphatic heterocycles. The average molecular weight is 297 g/mol. The van der Waals surface area contributed by atoms with Gasteiger partial charge in [0.1, 0.15) is 6.33 Å². The maximum absolute atomic E-state index is 11.2. The van der Waals surface area contributed by atoms with Gasteiger partial charge in [0.05, 0.1) is 10.4 Å². The molecular formula is C13H11N7O2. The number of hydrogen-bond donors (Lipinski definition) is 3. The van der Waals surface area contributed by atoms with Gasteiger partial charge >= 0.3 is 5.69 Å². The molecule has 22 heavy (non-hydrogen) atoms. The number of hydrazine groups is 1. The molecule has 0 fully saturated rings. The maximum atomic E-state index is 11.2. The van der Waals surface area contributed by atoms with Gasteiger partial charge in [0.2, 0.25) is 11.6 Å². The van der Waals surface area contributed by atoms with Crippen molar-refractivity contribution in [2.75, 3.05) is 10.7 Å². The third-order valence-electron chi connectivity index (χ3n) is 3.04. The monoisotopic (exact) mass is 297 g/mol. The molecule has 0 amide bonds. The molecule has 0 saturated carbocycles. The molecule has 0 atom stereocenters. The van der Waals surface area contributed by atoms with E-state index in [2.05, 4.69) is 25.7 Å². The van der Waals surface area contributed by atoms with Gasteiger partial charge in [-0.25, -0.2) is 15.8 Å². The fourth-order valence-electron chi connectivity index (χ4n) is 2.09. The SMILES string of the molecule is NNc1ncnc(Nc2cccc3ncccc23)c1[N+](=O)[O-]. The zero-order valence-electron chi connectivity index (χ0n) is 11.2. The van der Waals surface area contributed by atoms with Crippen LogP contribution >= 0.6 is 0 Å². The molecule has 0 aliphatic rings. The number of nitrogen functional groups attached to an aromatic ring is 1. The van der Waals surface area contributed by atoms with Crippen molar-refractivity contribution in [3.63, 3.8) is 0 Å². The van der Waals surface area contributed by atoms with Gasteiger partial charge < -0.3 is 10.7 Å². The van der Waals surface area contributed by atoms with Crippen LogP contribution in [0.3, 0.4) is 0 Å². The van der Waals surface area contributed by atoms with E-state index in [1.54, 1.807) is 24.4 Å². The van der Waals surface area contributed by atoms with Crippen molar-refractivity contribution in [1.82, 2.24) is 15.0 Å². The molecule has 4 N–H and O–H groups in total. The van der Waals surface area contributed by atoms with Crippen LogP contribution in [0.4, 0.5) is 23.0 Å². The largest absolute Gasteiger partial charge is 0.354 e. The quantitative estimate of drug-likeness (QED) is 0.378. The van der Waals surface area contributed by atoms with Gasteiger partial charge in [-0.1, -0.05) is 6.07 Å². The highest BCUT2D eigenvalue weighted by molar-refractivity contribution is 5.93. The Morgan fingerprint density at radius 3 is 2.68 bits per heavy atom. The van der Waals surface area contributed by atoms with Crippen molar-refractivity contribution in [1.29, 1.82) is 0 Å². The molecule has 3 aromatic rings. The molecule has 9 heteroatoms. The highest BCUT2D eigenvalue weighted by Crippen LogP contribution is 2.32. The van der Waals surface area contributed by atoms with Crippen LogP contribution in [0, 0.1) is 10.1 Å². The number of benzene rings is 1. The average Bonchev–Trinajstić information content (AvgIpc) is 2.54. The summed E-state index contributed by atoms with van der Waals surface area (Å²) in [5, 5.41) is 15.0. The first-order chi connectivity index (χ1) is 10.7. The van der Waals surface area contributed by atoms with Crippen LogP contribution in [0.25, 0.3) is 10.9 Å². The summed E-state index contributed by atoms with van der Waals surface area (Å²) in [7, 11) is 0. The molecule has 110 valence electrons. The number of nitro groups is 1. The van der Waals surface area contributed by atoms with E-state index in [4.69, 9.17) is 5.84 Å². The lowest BCUT2D eigenvalue weighted by atomic mass is 10.2. The highest BCUT2D eigenvalue weighted by Gasteiger charge is 2.22. The Bertz CT molecular complexity index is 847. The number of rotatable bonds is 4. The van der Waals surface area contributed by atoms with Crippen LogP contribution < -0.4 is 16.6 Å². The Balaban J connectivity index is 2.11. The van der Waals surface area contributed by atoms with Crippen molar-refractivity contribution in [2.45, 2.75) is 0 Å². The fraction of sp³-hybridized carbons (Fsp3) is 0. The Labute approximate surface area is 124 Å². The van der Waals surface area contributed by atoms with Gasteiger partial charge in [-0.15, -0.1) is 0 Å². The van der Waals surface area contributed by atoms with E-state index < -0.39 is 4.92 Å². The minimum atomic E-state index is -0.596. The third kappa shape index (κ3) is 2.36. The summed E-state index contributed by atoms with van der Waals surface area (Å²) in [4.78, 5) is 22.5. The van der Waals surface area contributed by atoms with Crippen LogP contribution in [0.5, 0.6) is 0 Å². The van der Waals surface area contributed by atoms with Gasteiger partial charge in [-0.3, -0.25) is 15.1 Å². The molecule has 0 bridgehead atoms. The number of nitrogens with one attached hydrogen (secondary N) is 2. The molecule has 0 saturated heterocycles. The molecule has 9 nitrogen and oxygen atoms in total. The fourth-order valence-corrected chi connectivity index (χ4v) is 2.09. The van der Waals surface area contributed by atoms with Crippen molar-refractivity contribution in [2.24, 2.45) is 5.84 Å². The van der Waals surface area contributed by atoms with Crippen LogP contribution in [0.15, 0.2) is 42.9 Å². The Kier molecular flexibility index (Phi) is 3.46. The molecule has 0 radical (unpaired) electrons. The van der Waals surface area contributed by atoms with Crippen LogP contribution in [0.2, 0.25) is 0 Å². The molecular weight excluding hydrogens is 286 g/mol. The lowest BCUT2D eigenvalue weighted by Crippen LogP contribution is -2.12. The lowest BCUT2D eigenvalue weighted by molar-refractivity contribution is -0.383. The number of nitrogens with two attached hydrogens (primary N) is 1. The molecule has 1 aromatic carbocycles. The zero-order chi connectivity index (χ0) is 15.5. The smallest absolute Gasteiger partial charge is 0.334 e. The number of pyridine rings is 1. The predicted molar refractivity (Wildman–Crippen MR) is 81.5 cm³/mol. The topological polar surface area (TPSA) is 132 Å². The number of nitrogens with zero attached hydrogens (tertiary/aromatic N) is 4. The van der Waals surface area contributed by atoms with Crippen molar-refractivity contribution in [3.05, 3.63) is 53.0 Å². The summed E-state index contributed by atoms with van der Waals surface area (Å²) in [6.45, 7) is 0. The Hall–Kier alpha value is -3.33. The lowest BCUT2D eigenvalue weighted by Gasteiger charge is -2.10. The van der Waals surface area contributed by atoms with E-state index in [1.165, 1.54) is 6.33 Å². The van der Waals surface area contributed by atoms with E-state index in [-0.39, 0.29) is 17.3 Å². The Morgan fingerprint density at radius 1 is 1.09 bits per heavy atom. The van der Waals surface area contributed by atoms with E-state index in [0.29, 0.717) is 5.69 Å². The van der Waals surface area contributed by atoms with Gasteiger partial charge in [0, 0.05) is 17.3 Å². The minimum Gasteiger partial charge on any atom is -0.334 e. The first-order valence-electron chi connectivity index (χ1n) is 6.27. The van der Waals surface area contributed by atoms with E-state index in [0.717, 1.165) is 10.9 Å². The normalized spacial score (nSPS) is 10.4. The van der Waals surface area contributed by atoms with Crippen molar-refractivity contribution >= 4 is 33.9 Å². The van der Waals surface area contributed by atoms with E-state index in [1.807, 2.05) is 12.1 Å². The summed E-state index contributed by atoms with van der Waals surface area (Å²) < 4.78 is 0. The summed E-state index contributed by atoms with van der Waals surface area (Å²) in [5.41, 5.74) is 3.28. The number of anilines is 3. The minimum absolute atomic E-state index is 0.0457. The molecule has 2 aromatic heterocycles. The Morgan fingerprint density at radius 2 is 1.91 bits per heavy atom. The second kappa shape index (κ2) is 5.58. The number of hydrogen-bond acceptors (Lipinski definition) is 8. The molecule has 3 rings (SSSR count). The van der Waals surface area contributed by atoms with E-state index >= 15 is 0 Å². The standard InChI is InChI=1S/C13H11N7O2/c14-19-13-11(20(21)22)12(16-7-17-13)18-10-5-1-4-9-8(10)3-2-6-15-9/h1-7H,14H2,(H2,16,17,18,19). The maximum Gasteiger partial charge on any atom is 0.354 e. The second-order valence-corrected chi connectivity index (χ2v) is 4.32. The molecule has 0 spiro atoms. The first kappa shape index (κ1) is 13.6. The van der Waals surface area contributed by atoms with Gasteiger partial charge in [0.15, 0.2) is 0 Å². The van der Waals surface area contributed by atoms with Crippen LogP contribution in [0.1, 0.15) is 0 Å². The molecule has 0 unspecified atom stereocenters. The highest BCUT2D eigenvalue weighted by atomic mass is 16.6. The molecule has 0 aliphatic carbocycles. The van der Waals surface area contributed by atoms with Crippen LogP contribution in [-0.2, 0) is 0 Å². The zero-order valence-corrected chi connectivity index (χ0v) is 11.2. The predicted octanol–water partition coefficient (Wildman–Crippen LogP) is 1.96. The summed E-state index contributed by atoms with van der Waals surface area (Å²) in [5.74, 6) is 5.24. The van der Waals surface area contributed by atoms with Gasteiger partial charge in [-0.2, -0.15) is 0 Å². The number of fused-ring (bicyclic) bond motifs is 1. The third-order valence-corrected chi connectivity index (χ3v) is 3.04. The van der Waals surface area contributed by atoms with Gasteiger partial charge in [-0.05, 0) is 24.3 Å². The molecule has 2 heterocycles. The summed E-state index contributed by atoms with van der Waals surface area (Å²) >= 11 is 0.